The number of rotatable bonds is 5. The molecule has 1 aliphatic heterocycles. The quantitative estimate of drug-likeness (QED) is 0.299. The molecule has 1 aliphatic rings. The Morgan fingerprint density at radius 1 is 0.771 bits per heavy atom. The smallest absolute Gasteiger partial charge is 0.310 e. The van der Waals surface area contributed by atoms with Crippen LogP contribution in [0.3, 0.4) is 0 Å². The maximum atomic E-state index is 13.1. The number of halogens is 6. The van der Waals surface area contributed by atoms with Crippen LogP contribution < -0.4 is 5.32 Å². The minimum atomic E-state index is -4.44. The molecule has 182 valence electrons. The van der Waals surface area contributed by atoms with Gasteiger partial charge in [0.25, 0.3) is 0 Å². The molecule has 0 fully saturated rings. The first-order valence-corrected chi connectivity index (χ1v) is 10.9. The molecule has 0 spiro atoms. The summed E-state index contributed by atoms with van der Waals surface area (Å²) in [5.41, 5.74) is 1.11. The molecule has 1 heterocycles. The molecule has 4 rings (SSSR count). The number of alkyl halides is 6. The van der Waals surface area contributed by atoms with Crippen molar-refractivity contribution in [3.63, 3.8) is 0 Å². The second kappa shape index (κ2) is 9.70. The van der Waals surface area contributed by atoms with Gasteiger partial charge >= 0.3 is 12.4 Å². The minimum absolute atomic E-state index is 0.138. The average molecular weight is 489 g/mol. The highest BCUT2D eigenvalue weighted by Crippen LogP contribution is 2.34. The van der Waals surface area contributed by atoms with Gasteiger partial charge < -0.3 is 5.32 Å². The number of nitrogens with one attached hydrogen (secondary N) is 1. The lowest BCUT2D eigenvalue weighted by atomic mass is 9.90. The van der Waals surface area contributed by atoms with E-state index < -0.39 is 23.5 Å². The van der Waals surface area contributed by atoms with Crippen LogP contribution in [0.15, 0.2) is 78.9 Å². The van der Waals surface area contributed by atoms with Crippen molar-refractivity contribution in [3.05, 3.63) is 101 Å². The van der Waals surface area contributed by atoms with E-state index >= 15 is 0 Å². The van der Waals surface area contributed by atoms with Gasteiger partial charge in [0.2, 0.25) is 0 Å². The predicted octanol–water partition coefficient (Wildman–Crippen LogP) is 7.41. The van der Waals surface area contributed by atoms with E-state index in [1.807, 2.05) is 6.08 Å². The summed E-state index contributed by atoms with van der Waals surface area (Å²) in [6, 6.07) is 16.2. The van der Waals surface area contributed by atoms with Crippen LogP contribution in [0.5, 0.6) is 0 Å². The van der Waals surface area contributed by atoms with Gasteiger partial charge in [-0.25, -0.2) is 0 Å². The van der Waals surface area contributed by atoms with E-state index in [-0.39, 0.29) is 18.2 Å². The fraction of sp³-hybridized carbons (Fsp3) is 0.222. The monoisotopic (exact) mass is 489 g/mol. The largest absolute Gasteiger partial charge is 0.416 e. The van der Waals surface area contributed by atoms with Crippen molar-refractivity contribution in [2.75, 3.05) is 6.54 Å². The first kappa shape index (κ1) is 24.7. The zero-order valence-corrected chi connectivity index (χ0v) is 18.4. The molecule has 0 radical (unpaired) electrons. The molecule has 0 aliphatic carbocycles. The molecule has 8 heteroatoms. The maximum absolute atomic E-state index is 13.1. The molecule has 1 unspecified atom stereocenters. The summed E-state index contributed by atoms with van der Waals surface area (Å²) < 4.78 is 78.1. The van der Waals surface area contributed by atoms with E-state index in [2.05, 4.69) is 5.32 Å². The molecule has 2 nitrogen and oxygen atoms in total. The Morgan fingerprint density at radius 2 is 1.34 bits per heavy atom. The number of hydrogen-bond acceptors (Lipinski definition) is 2. The number of benzene rings is 3. The van der Waals surface area contributed by atoms with Crippen molar-refractivity contribution in [1.29, 1.82) is 0 Å². The topological polar surface area (TPSA) is 29.1 Å². The Labute approximate surface area is 198 Å². The third-order valence-corrected chi connectivity index (χ3v) is 5.94. The van der Waals surface area contributed by atoms with Crippen LogP contribution in [0.25, 0.3) is 16.7 Å². The standard InChI is InChI=1S/C27H21F6NO/c28-26(29,30)22-5-1-3-19(13-22)17-7-9-18(10-8-17)25(35)16-24-15-21(11-12-34-24)20-4-2-6-23(14-20)27(31,32)33/h1-11,13-14,24,34H,12,15-16H2. The summed E-state index contributed by atoms with van der Waals surface area (Å²) in [7, 11) is 0. The van der Waals surface area contributed by atoms with Crippen LogP contribution in [-0.4, -0.2) is 18.4 Å². The van der Waals surface area contributed by atoms with Crippen LogP contribution >= 0.6 is 0 Å². The molecule has 0 saturated carbocycles. The van der Waals surface area contributed by atoms with Crippen molar-refractivity contribution in [2.45, 2.75) is 31.2 Å². The average Bonchev–Trinajstić information content (AvgIpc) is 2.83. The summed E-state index contributed by atoms with van der Waals surface area (Å²) in [4.78, 5) is 12.8. The third-order valence-electron chi connectivity index (χ3n) is 5.94. The van der Waals surface area contributed by atoms with Crippen LogP contribution in [0.1, 0.15) is 39.9 Å². The van der Waals surface area contributed by atoms with Gasteiger partial charge in [-0.15, -0.1) is 0 Å². The van der Waals surface area contributed by atoms with Crippen LogP contribution in [-0.2, 0) is 12.4 Å². The molecule has 35 heavy (non-hydrogen) atoms. The lowest BCUT2D eigenvalue weighted by molar-refractivity contribution is -0.138. The second-order valence-electron chi connectivity index (χ2n) is 8.40. The van der Waals surface area contributed by atoms with E-state index in [0.29, 0.717) is 35.2 Å². The normalized spacial score (nSPS) is 16.6. The van der Waals surface area contributed by atoms with Crippen LogP contribution in [0, 0.1) is 0 Å². The number of Topliss-reactive ketones (excluding diaryl/α,β-unsaturated/α-hetero) is 1. The summed E-state index contributed by atoms with van der Waals surface area (Å²) in [6.45, 7) is 0.429. The van der Waals surface area contributed by atoms with Gasteiger partial charge in [0, 0.05) is 24.6 Å². The van der Waals surface area contributed by atoms with Gasteiger partial charge in [0.05, 0.1) is 11.1 Å². The van der Waals surface area contributed by atoms with Crippen LogP contribution in [0.2, 0.25) is 0 Å². The van der Waals surface area contributed by atoms with Crippen molar-refractivity contribution in [3.8, 4) is 11.1 Å². The Bertz CT molecular complexity index is 1240. The maximum Gasteiger partial charge on any atom is 0.416 e. The summed E-state index contributed by atoms with van der Waals surface area (Å²) >= 11 is 0. The van der Waals surface area contributed by atoms with E-state index in [1.54, 1.807) is 36.4 Å². The molecule has 1 atom stereocenters. The molecule has 3 aromatic rings. The summed E-state index contributed by atoms with van der Waals surface area (Å²) in [5.74, 6) is -0.164. The van der Waals surface area contributed by atoms with Crippen molar-refractivity contribution < 1.29 is 31.1 Å². The Hall–Kier alpha value is -3.39. The first-order valence-electron chi connectivity index (χ1n) is 10.9. The molecule has 1 N–H and O–H groups in total. The van der Waals surface area contributed by atoms with Gasteiger partial charge in [-0.2, -0.15) is 26.3 Å². The second-order valence-corrected chi connectivity index (χ2v) is 8.40. The highest BCUT2D eigenvalue weighted by Gasteiger charge is 2.31. The fourth-order valence-electron chi connectivity index (χ4n) is 4.11. The van der Waals surface area contributed by atoms with Crippen molar-refractivity contribution >= 4 is 11.4 Å². The highest BCUT2D eigenvalue weighted by molar-refractivity contribution is 5.97. The van der Waals surface area contributed by atoms with E-state index in [0.717, 1.165) is 29.8 Å². The number of ketones is 1. The van der Waals surface area contributed by atoms with E-state index in [4.69, 9.17) is 0 Å². The third kappa shape index (κ3) is 6.00. The van der Waals surface area contributed by atoms with Crippen molar-refractivity contribution in [2.24, 2.45) is 0 Å². The molecule has 0 amide bonds. The zero-order valence-electron chi connectivity index (χ0n) is 18.4. The van der Waals surface area contributed by atoms with Gasteiger partial charge in [0.15, 0.2) is 5.78 Å². The minimum Gasteiger partial charge on any atom is -0.310 e. The predicted molar refractivity (Wildman–Crippen MR) is 122 cm³/mol. The number of carbonyl (C=O) groups excluding carboxylic acids is 1. The Morgan fingerprint density at radius 3 is 1.94 bits per heavy atom. The molecular weight excluding hydrogens is 468 g/mol. The summed E-state index contributed by atoms with van der Waals surface area (Å²) in [6.07, 6.45) is -6.52. The molecular formula is C27H21F6NO. The molecule has 0 aromatic heterocycles. The van der Waals surface area contributed by atoms with E-state index in [9.17, 15) is 31.1 Å². The fourth-order valence-corrected chi connectivity index (χ4v) is 4.11. The lowest BCUT2D eigenvalue weighted by Gasteiger charge is -2.24. The Balaban J connectivity index is 1.43. The van der Waals surface area contributed by atoms with Gasteiger partial charge in [-0.05, 0) is 52.9 Å². The molecule has 3 aromatic carbocycles. The molecule has 0 bridgehead atoms. The Kier molecular flexibility index (Phi) is 6.85. The lowest BCUT2D eigenvalue weighted by Crippen LogP contribution is -2.34. The number of hydrogen-bond donors (Lipinski definition) is 1. The van der Waals surface area contributed by atoms with Gasteiger partial charge in [-0.1, -0.05) is 54.6 Å². The van der Waals surface area contributed by atoms with E-state index in [1.165, 1.54) is 12.1 Å². The zero-order chi connectivity index (χ0) is 25.2. The van der Waals surface area contributed by atoms with Gasteiger partial charge in [-0.3, -0.25) is 4.79 Å². The first-order chi connectivity index (χ1) is 16.5. The number of carbonyl (C=O) groups is 1. The SMILES string of the molecule is O=C(CC1CC(c2cccc(C(F)(F)F)c2)=CCN1)c1ccc(-c2cccc(C(F)(F)F)c2)cc1. The van der Waals surface area contributed by atoms with Crippen LogP contribution in [0.4, 0.5) is 26.3 Å². The molecule has 0 saturated heterocycles. The van der Waals surface area contributed by atoms with Gasteiger partial charge in [0.1, 0.15) is 0 Å². The highest BCUT2D eigenvalue weighted by atomic mass is 19.4. The summed E-state index contributed by atoms with van der Waals surface area (Å²) in [5, 5.41) is 3.20. The van der Waals surface area contributed by atoms with Crippen molar-refractivity contribution in [1.82, 2.24) is 5.32 Å².